The molecular formula is C16H21FO2. The summed E-state index contributed by atoms with van der Waals surface area (Å²) < 4.78 is 17.5. The Morgan fingerprint density at radius 2 is 2.11 bits per heavy atom. The molecule has 0 N–H and O–H groups in total. The van der Waals surface area contributed by atoms with Crippen LogP contribution in [0.25, 0.3) is 0 Å². The zero-order chi connectivity index (χ0) is 13.9. The fourth-order valence-electron chi connectivity index (χ4n) is 1.70. The highest BCUT2D eigenvalue weighted by atomic mass is 19.1. The van der Waals surface area contributed by atoms with Gasteiger partial charge in [0, 0.05) is 12.5 Å². The summed E-state index contributed by atoms with van der Waals surface area (Å²) in [6.07, 6.45) is 5.21. The smallest absolute Gasteiger partial charge is 0.332 e. The number of carbonyl (C=O) groups excluding carboxylic acids is 1. The summed E-state index contributed by atoms with van der Waals surface area (Å²) in [4.78, 5) is 11.2. The summed E-state index contributed by atoms with van der Waals surface area (Å²) in [7, 11) is 0. The van der Waals surface area contributed by atoms with Crippen molar-refractivity contribution in [2.24, 2.45) is 0 Å². The Bertz CT molecular complexity index is 387. The molecule has 0 amide bonds. The van der Waals surface area contributed by atoms with Gasteiger partial charge < -0.3 is 4.74 Å². The van der Waals surface area contributed by atoms with Crippen LogP contribution in [-0.4, -0.2) is 12.3 Å². The summed E-state index contributed by atoms with van der Waals surface area (Å²) >= 11 is 0. The maximum atomic E-state index is 13.0. The average Bonchev–Trinajstić information content (AvgIpc) is 2.39. The molecule has 0 radical (unpaired) electrons. The van der Waals surface area contributed by atoms with Crippen molar-refractivity contribution in [2.75, 3.05) is 0 Å². The topological polar surface area (TPSA) is 26.3 Å². The third-order valence-corrected chi connectivity index (χ3v) is 2.69. The Morgan fingerprint density at radius 3 is 2.79 bits per heavy atom. The highest BCUT2D eigenvalue weighted by molar-refractivity contribution is 5.81. The summed E-state index contributed by atoms with van der Waals surface area (Å²) in [5, 5.41) is 0. The van der Waals surface area contributed by atoms with E-state index in [4.69, 9.17) is 0 Å². The number of alkyl halides is 1. The number of hydrogen-bond acceptors (Lipinski definition) is 2. The van der Waals surface area contributed by atoms with Crippen molar-refractivity contribution in [1.82, 2.24) is 0 Å². The number of esters is 1. The number of benzene rings is 1. The highest BCUT2D eigenvalue weighted by Gasteiger charge is 2.08. The van der Waals surface area contributed by atoms with E-state index in [2.05, 4.69) is 16.9 Å². The quantitative estimate of drug-likeness (QED) is 0.399. The van der Waals surface area contributed by atoms with Gasteiger partial charge in [0.15, 0.2) is 0 Å². The number of hydrogen-bond donors (Lipinski definition) is 0. The molecule has 0 saturated carbocycles. The molecule has 1 aromatic rings. The van der Waals surface area contributed by atoms with E-state index in [0.29, 0.717) is 6.42 Å². The molecule has 1 atom stereocenters. The molecule has 0 aliphatic carbocycles. The lowest BCUT2D eigenvalue weighted by Crippen LogP contribution is -2.10. The number of unbranched alkanes of at least 4 members (excludes halogenated alkanes) is 1. The van der Waals surface area contributed by atoms with E-state index in [1.165, 1.54) is 11.6 Å². The lowest BCUT2D eigenvalue weighted by molar-refractivity contribution is -0.152. The maximum absolute atomic E-state index is 13.0. The van der Waals surface area contributed by atoms with E-state index < -0.39 is 12.3 Å². The molecule has 0 saturated heterocycles. The molecule has 0 heterocycles. The molecule has 0 spiro atoms. The Morgan fingerprint density at radius 1 is 1.37 bits per heavy atom. The summed E-state index contributed by atoms with van der Waals surface area (Å²) in [6, 6.07) is 10.2. The first kappa shape index (κ1) is 15.4. The van der Waals surface area contributed by atoms with Crippen LogP contribution in [0, 0.1) is 0 Å². The molecule has 0 fully saturated rings. The van der Waals surface area contributed by atoms with Crippen molar-refractivity contribution in [3.05, 3.63) is 48.0 Å². The molecule has 1 unspecified atom stereocenters. The van der Waals surface area contributed by atoms with E-state index >= 15 is 0 Å². The minimum absolute atomic E-state index is 0.258. The van der Waals surface area contributed by atoms with E-state index in [-0.39, 0.29) is 6.42 Å². The Hall–Kier alpha value is -1.64. The number of aryl methyl sites for hydroxylation is 1. The maximum Gasteiger partial charge on any atom is 0.332 e. The summed E-state index contributed by atoms with van der Waals surface area (Å²) in [5.41, 5.74) is 1.28. The van der Waals surface area contributed by atoms with Gasteiger partial charge in [-0.25, -0.2) is 9.18 Å². The van der Waals surface area contributed by atoms with Gasteiger partial charge in [-0.3, -0.25) is 0 Å². The van der Waals surface area contributed by atoms with E-state index in [1.54, 1.807) is 6.08 Å². The van der Waals surface area contributed by atoms with Gasteiger partial charge in [0.25, 0.3) is 0 Å². The van der Waals surface area contributed by atoms with Gasteiger partial charge in [-0.15, -0.1) is 0 Å². The first-order valence-electron chi connectivity index (χ1n) is 6.77. The third kappa shape index (κ3) is 7.39. The largest absolute Gasteiger partial charge is 0.428 e. The van der Waals surface area contributed by atoms with Crippen molar-refractivity contribution >= 4 is 5.97 Å². The second kappa shape index (κ2) is 9.31. The summed E-state index contributed by atoms with van der Waals surface area (Å²) in [6.45, 7) is 1.85. The lowest BCUT2D eigenvalue weighted by atomic mass is 10.1. The number of rotatable bonds is 8. The Balaban J connectivity index is 2.14. The van der Waals surface area contributed by atoms with Crippen LogP contribution < -0.4 is 0 Å². The van der Waals surface area contributed by atoms with Crippen molar-refractivity contribution in [3.8, 4) is 0 Å². The van der Waals surface area contributed by atoms with Gasteiger partial charge in [0.1, 0.15) is 0 Å². The molecule has 0 bridgehead atoms. The molecule has 0 aliphatic heterocycles. The molecule has 19 heavy (non-hydrogen) atoms. The number of allylic oxidation sites excluding steroid dienone is 1. The van der Waals surface area contributed by atoms with Gasteiger partial charge in [-0.2, -0.15) is 0 Å². The van der Waals surface area contributed by atoms with Crippen LogP contribution >= 0.6 is 0 Å². The number of halogens is 1. The van der Waals surface area contributed by atoms with Gasteiger partial charge in [0.2, 0.25) is 6.36 Å². The number of carbonyl (C=O) groups is 1. The van der Waals surface area contributed by atoms with Crippen LogP contribution in [0.15, 0.2) is 42.5 Å². The molecular weight excluding hydrogens is 243 g/mol. The van der Waals surface area contributed by atoms with Crippen molar-refractivity contribution < 1.29 is 13.9 Å². The fourth-order valence-corrected chi connectivity index (χ4v) is 1.70. The van der Waals surface area contributed by atoms with Crippen LogP contribution in [0.1, 0.15) is 38.2 Å². The standard InChI is InChI=1S/C16H21FO2/c1-2-9-15(17)19-16(18)13-8-4-7-12-14-10-5-3-6-11-14/h3,5-6,8,10-11,13,15H,2,4,7,9,12H2,1H3. The molecule has 104 valence electrons. The van der Waals surface area contributed by atoms with Crippen molar-refractivity contribution in [2.45, 2.75) is 45.4 Å². The molecule has 3 heteroatoms. The molecule has 0 aromatic heterocycles. The first-order chi connectivity index (χ1) is 9.22. The Labute approximate surface area is 114 Å². The van der Waals surface area contributed by atoms with E-state index in [9.17, 15) is 9.18 Å². The minimum Gasteiger partial charge on any atom is -0.428 e. The van der Waals surface area contributed by atoms with E-state index in [1.807, 2.05) is 25.1 Å². The number of ether oxygens (including phenoxy) is 1. The second-order valence-corrected chi connectivity index (χ2v) is 4.42. The molecule has 0 aliphatic rings. The molecule has 1 aromatic carbocycles. The predicted octanol–water partition coefficient (Wildman–Crippen LogP) is 4.20. The van der Waals surface area contributed by atoms with Crippen LogP contribution in [0.4, 0.5) is 4.39 Å². The third-order valence-electron chi connectivity index (χ3n) is 2.69. The molecule has 1 rings (SSSR count). The van der Waals surface area contributed by atoms with Gasteiger partial charge in [-0.05, 0) is 31.2 Å². The van der Waals surface area contributed by atoms with Crippen LogP contribution in [-0.2, 0) is 16.0 Å². The average molecular weight is 264 g/mol. The zero-order valence-electron chi connectivity index (χ0n) is 11.3. The van der Waals surface area contributed by atoms with Gasteiger partial charge in [-0.1, -0.05) is 43.3 Å². The first-order valence-corrected chi connectivity index (χ1v) is 6.77. The fraction of sp³-hybridized carbons (Fsp3) is 0.438. The highest BCUT2D eigenvalue weighted by Crippen LogP contribution is 2.06. The SMILES string of the molecule is CCCC(F)OC(=O)C=CCCCc1ccccc1. The van der Waals surface area contributed by atoms with Crippen LogP contribution in [0.3, 0.4) is 0 Å². The zero-order valence-corrected chi connectivity index (χ0v) is 11.3. The predicted molar refractivity (Wildman–Crippen MR) is 74.4 cm³/mol. The normalized spacial score (nSPS) is 12.5. The van der Waals surface area contributed by atoms with E-state index in [0.717, 1.165) is 19.3 Å². The molecule has 2 nitrogen and oxygen atoms in total. The van der Waals surface area contributed by atoms with Gasteiger partial charge in [0.05, 0.1) is 0 Å². The minimum atomic E-state index is -1.48. The monoisotopic (exact) mass is 264 g/mol. The van der Waals surface area contributed by atoms with Crippen LogP contribution in [0.2, 0.25) is 0 Å². The Kier molecular flexibility index (Phi) is 7.56. The summed E-state index contributed by atoms with van der Waals surface area (Å²) in [5.74, 6) is -0.597. The van der Waals surface area contributed by atoms with Gasteiger partial charge >= 0.3 is 5.97 Å². The van der Waals surface area contributed by atoms with Crippen molar-refractivity contribution in [3.63, 3.8) is 0 Å². The lowest BCUT2D eigenvalue weighted by Gasteiger charge is -2.05. The van der Waals surface area contributed by atoms with Crippen molar-refractivity contribution in [1.29, 1.82) is 0 Å². The second-order valence-electron chi connectivity index (χ2n) is 4.42. The van der Waals surface area contributed by atoms with Crippen LogP contribution in [0.5, 0.6) is 0 Å².